The fourth-order valence-corrected chi connectivity index (χ4v) is 3.12. The van der Waals surface area contributed by atoms with E-state index in [-0.39, 0.29) is 23.3 Å². The van der Waals surface area contributed by atoms with Crippen molar-refractivity contribution >= 4 is 0 Å². The summed E-state index contributed by atoms with van der Waals surface area (Å²) in [4.78, 5) is 0. The van der Waals surface area contributed by atoms with Crippen molar-refractivity contribution in [1.29, 1.82) is 0 Å². The van der Waals surface area contributed by atoms with Gasteiger partial charge in [0.05, 0.1) is 0 Å². The quantitative estimate of drug-likeness (QED) is 0.582. The molecule has 102 valence electrons. The van der Waals surface area contributed by atoms with E-state index in [4.69, 9.17) is 5.84 Å². The Kier molecular flexibility index (Phi) is 3.85. The van der Waals surface area contributed by atoms with Crippen LogP contribution >= 0.6 is 0 Å². The van der Waals surface area contributed by atoms with E-state index in [0.29, 0.717) is 12.3 Å². The molecule has 0 aromatic heterocycles. The standard InChI is InChI=1S/C12H23F3N2/c1-10(2)9(11(10,3)4)8(17-16)6-5-7-12(13,14)15/h8-9,17H,5-7,16H2,1-4H3. The van der Waals surface area contributed by atoms with Gasteiger partial charge in [-0.3, -0.25) is 11.3 Å². The van der Waals surface area contributed by atoms with Crippen LogP contribution in [0, 0.1) is 16.7 Å². The molecule has 0 saturated heterocycles. The number of alkyl halides is 3. The van der Waals surface area contributed by atoms with Gasteiger partial charge in [0.1, 0.15) is 0 Å². The van der Waals surface area contributed by atoms with Crippen LogP contribution < -0.4 is 11.3 Å². The molecule has 17 heavy (non-hydrogen) atoms. The SMILES string of the molecule is CC1(C)C(C(CCCC(F)(F)F)NN)C1(C)C. The monoisotopic (exact) mass is 252 g/mol. The van der Waals surface area contributed by atoms with Crippen LogP contribution in [-0.2, 0) is 0 Å². The molecule has 0 radical (unpaired) electrons. The second-order valence-electron chi connectivity index (χ2n) is 6.20. The fraction of sp³-hybridized carbons (Fsp3) is 1.00. The Bertz CT molecular complexity index is 257. The number of hydrogen-bond acceptors (Lipinski definition) is 2. The summed E-state index contributed by atoms with van der Waals surface area (Å²) in [5, 5.41) is 0. The third kappa shape index (κ3) is 2.94. The molecule has 0 spiro atoms. The average molecular weight is 252 g/mol. The summed E-state index contributed by atoms with van der Waals surface area (Å²) in [6.45, 7) is 8.58. The molecule has 1 aliphatic carbocycles. The highest BCUT2D eigenvalue weighted by Gasteiger charge is 2.66. The van der Waals surface area contributed by atoms with Crippen molar-refractivity contribution < 1.29 is 13.2 Å². The molecular formula is C12H23F3N2. The summed E-state index contributed by atoms with van der Waals surface area (Å²) in [5.41, 5.74) is 2.98. The second-order valence-corrected chi connectivity index (χ2v) is 6.20. The third-order valence-corrected chi connectivity index (χ3v) is 4.72. The Balaban J connectivity index is 2.47. The average Bonchev–Trinajstić information content (AvgIpc) is 2.52. The van der Waals surface area contributed by atoms with Gasteiger partial charge >= 0.3 is 6.18 Å². The highest BCUT2D eigenvalue weighted by atomic mass is 19.4. The van der Waals surface area contributed by atoms with Gasteiger partial charge in [-0.15, -0.1) is 0 Å². The maximum atomic E-state index is 12.1. The minimum absolute atomic E-state index is 0.0256. The van der Waals surface area contributed by atoms with Gasteiger partial charge in [-0.05, 0) is 29.6 Å². The Morgan fingerprint density at radius 2 is 1.65 bits per heavy atom. The highest BCUT2D eigenvalue weighted by molar-refractivity contribution is 5.15. The van der Waals surface area contributed by atoms with Crippen LogP contribution in [0.4, 0.5) is 13.2 Å². The lowest BCUT2D eigenvalue weighted by atomic mass is 9.99. The van der Waals surface area contributed by atoms with E-state index >= 15 is 0 Å². The smallest absolute Gasteiger partial charge is 0.271 e. The van der Waals surface area contributed by atoms with Crippen LogP contribution in [0.5, 0.6) is 0 Å². The minimum atomic E-state index is -4.06. The molecule has 1 rings (SSSR count). The highest BCUT2D eigenvalue weighted by Crippen LogP contribution is 2.69. The predicted octanol–water partition coefficient (Wildman–Crippen LogP) is 3.23. The zero-order valence-corrected chi connectivity index (χ0v) is 11.0. The molecule has 0 aliphatic heterocycles. The van der Waals surface area contributed by atoms with Crippen molar-refractivity contribution in [2.24, 2.45) is 22.6 Å². The number of nitrogens with two attached hydrogens (primary N) is 1. The Morgan fingerprint density at radius 1 is 1.18 bits per heavy atom. The first-order valence-corrected chi connectivity index (χ1v) is 6.07. The van der Waals surface area contributed by atoms with Crippen molar-refractivity contribution in [3.8, 4) is 0 Å². The maximum Gasteiger partial charge on any atom is 0.389 e. The molecule has 1 saturated carbocycles. The van der Waals surface area contributed by atoms with Gasteiger partial charge in [0.15, 0.2) is 0 Å². The van der Waals surface area contributed by atoms with Gasteiger partial charge in [-0.1, -0.05) is 27.7 Å². The first kappa shape index (κ1) is 14.8. The van der Waals surface area contributed by atoms with Crippen molar-refractivity contribution in [3.05, 3.63) is 0 Å². The van der Waals surface area contributed by atoms with Gasteiger partial charge in [-0.25, -0.2) is 0 Å². The summed E-state index contributed by atoms with van der Waals surface area (Å²) >= 11 is 0. The zero-order valence-electron chi connectivity index (χ0n) is 11.0. The number of rotatable bonds is 5. The lowest BCUT2D eigenvalue weighted by Crippen LogP contribution is -2.38. The molecule has 1 aliphatic rings. The lowest BCUT2D eigenvalue weighted by Gasteiger charge is -2.18. The van der Waals surface area contributed by atoms with E-state index in [0.717, 1.165) is 0 Å². The fourth-order valence-electron chi connectivity index (χ4n) is 3.12. The first-order chi connectivity index (χ1) is 7.54. The molecule has 0 amide bonds. The topological polar surface area (TPSA) is 38.0 Å². The van der Waals surface area contributed by atoms with E-state index in [2.05, 4.69) is 33.1 Å². The number of halogens is 3. The Labute approximate surface area is 101 Å². The van der Waals surface area contributed by atoms with E-state index in [9.17, 15) is 13.2 Å². The summed E-state index contributed by atoms with van der Waals surface area (Å²) in [6, 6.07) is -0.0256. The number of hydrogen-bond donors (Lipinski definition) is 2. The van der Waals surface area contributed by atoms with Gasteiger partial charge < -0.3 is 0 Å². The van der Waals surface area contributed by atoms with E-state index in [1.807, 2.05) is 0 Å². The zero-order chi connectivity index (χ0) is 13.5. The maximum absolute atomic E-state index is 12.1. The molecule has 3 N–H and O–H groups in total. The lowest BCUT2D eigenvalue weighted by molar-refractivity contribution is -0.135. The van der Waals surface area contributed by atoms with Crippen LogP contribution in [0.25, 0.3) is 0 Å². The number of nitrogens with one attached hydrogen (secondary N) is 1. The Morgan fingerprint density at radius 3 is 1.94 bits per heavy atom. The van der Waals surface area contributed by atoms with E-state index in [1.165, 1.54) is 0 Å². The molecule has 1 atom stereocenters. The molecule has 0 aromatic carbocycles. The van der Waals surface area contributed by atoms with Crippen LogP contribution in [0.3, 0.4) is 0 Å². The predicted molar refractivity (Wildman–Crippen MR) is 62.1 cm³/mol. The molecule has 1 fully saturated rings. The summed E-state index contributed by atoms with van der Waals surface area (Å²) in [6.07, 6.45) is -4.17. The van der Waals surface area contributed by atoms with Crippen LogP contribution in [0.1, 0.15) is 47.0 Å². The van der Waals surface area contributed by atoms with E-state index < -0.39 is 12.6 Å². The van der Waals surface area contributed by atoms with Crippen molar-refractivity contribution in [3.63, 3.8) is 0 Å². The second kappa shape index (κ2) is 4.43. The normalized spacial score (nSPS) is 24.7. The van der Waals surface area contributed by atoms with Gasteiger partial charge in [-0.2, -0.15) is 13.2 Å². The number of hydrazine groups is 1. The Hall–Kier alpha value is -0.290. The molecular weight excluding hydrogens is 229 g/mol. The van der Waals surface area contributed by atoms with Crippen molar-refractivity contribution in [2.45, 2.75) is 59.2 Å². The molecule has 0 aromatic rings. The molecule has 5 heteroatoms. The third-order valence-electron chi connectivity index (χ3n) is 4.72. The molecule has 0 heterocycles. The van der Waals surface area contributed by atoms with Gasteiger partial charge in [0.25, 0.3) is 0 Å². The van der Waals surface area contributed by atoms with Crippen LogP contribution in [0.2, 0.25) is 0 Å². The van der Waals surface area contributed by atoms with Crippen molar-refractivity contribution in [2.75, 3.05) is 0 Å². The van der Waals surface area contributed by atoms with E-state index in [1.54, 1.807) is 0 Å². The minimum Gasteiger partial charge on any atom is -0.271 e. The van der Waals surface area contributed by atoms with Crippen LogP contribution in [0.15, 0.2) is 0 Å². The molecule has 1 unspecified atom stereocenters. The summed E-state index contributed by atoms with van der Waals surface area (Å²) in [7, 11) is 0. The van der Waals surface area contributed by atoms with Gasteiger partial charge in [0.2, 0.25) is 0 Å². The summed E-state index contributed by atoms with van der Waals surface area (Å²) in [5.74, 6) is 5.82. The van der Waals surface area contributed by atoms with Gasteiger partial charge in [0, 0.05) is 12.5 Å². The molecule has 2 nitrogen and oxygen atoms in total. The van der Waals surface area contributed by atoms with Crippen LogP contribution in [-0.4, -0.2) is 12.2 Å². The largest absolute Gasteiger partial charge is 0.389 e. The summed E-state index contributed by atoms with van der Waals surface area (Å²) < 4.78 is 36.2. The molecule has 0 bridgehead atoms. The van der Waals surface area contributed by atoms with Crippen molar-refractivity contribution in [1.82, 2.24) is 5.43 Å². The first-order valence-electron chi connectivity index (χ1n) is 6.07.